The van der Waals surface area contributed by atoms with Crippen LogP contribution < -0.4 is 5.32 Å². The van der Waals surface area contributed by atoms with E-state index in [-0.39, 0.29) is 23.8 Å². The number of unbranched alkanes of at least 4 members (excludes halogenated alkanes) is 1. The second kappa shape index (κ2) is 8.02. The highest BCUT2D eigenvalue weighted by Crippen LogP contribution is 2.44. The summed E-state index contributed by atoms with van der Waals surface area (Å²) < 4.78 is 0. The normalized spacial score (nSPS) is 21.6. The average molecular weight is 425 g/mol. The lowest BCUT2D eigenvalue weighted by molar-refractivity contribution is -0.140. The Morgan fingerprint density at radius 2 is 2.00 bits per heavy atom. The van der Waals surface area contributed by atoms with Crippen molar-refractivity contribution in [2.75, 3.05) is 13.1 Å². The van der Waals surface area contributed by atoms with Crippen LogP contribution in [0.2, 0.25) is 0 Å². The number of urea groups is 1. The number of imide groups is 1. The Labute approximate surface area is 183 Å². The van der Waals surface area contributed by atoms with Crippen molar-refractivity contribution in [1.29, 1.82) is 0 Å². The first-order chi connectivity index (χ1) is 14.8. The van der Waals surface area contributed by atoms with Crippen LogP contribution in [-0.2, 0) is 21.5 Å². The number of carbonyl (C=O) groups excluding carboxylic acids is 3. The van der Waals surface area contributed by atoms with Crippen LogP contribution in [0.25, 0.3) is 10.9 Å². The maximum Gasteiger partial charge on any atom is 0.328 e. The Morgan fingerprint density at radius 3 is 2.71 bits per heavy atom. The predicted molar refractivity (Wildman–Crippen MR) is 119 cm³/mol. The molecule has 2 unspecified atom stereocenters. The van der Waals surface area contributed by atoms with Crippen molar-refractivity contribution < 1.29 is 14.4 Å². The molecule has 2 N–H and O–H groups in total. The molecule has 1 aromatic carbocycles. The van der Waals surface area contributed by atoms with Crippen LogP contribution in [0.4, 0.5) is 4.79 Å². The summed E-state index contributed by atoms with van der Waals surface area (Å²) in [4.78, 5) is 46.6. The van der Waals surface area contributed by atoms with Gasteiger partial charge < -0.3 is 15.2 Å². The molecule has 2 aromatic rings. The molecule has 4 rings (SSSR count). The second-order valence-corrected chi connectivity index (χ2v) is 9.25. The molecular formula is C24H32N4O3. The zero-order valence-corrected chi connectivity index (χ0v) is 18.8. The molecule has 1 aromatic heterocycles. The van der Waals surface area contributed by atoms with Gasteiger partial charge >= 0.3 is 6.03 Å². The van der Waals surface area contributed by atoms with E-state index in [1.807, 2.05) is 45.0 Å². The van der Waals surface area contributed by atoms with Gasteiger partial charge in [-0.3, -0.25) is 9.59 Å². The third-order valence-corrected chi connectivity index (χ3v) is 6.64. The standard InChI is InChI=1S/C24H32N4O3/c1-5-6-12-25-21(29)19(14-15(2)3)28-22(30)24(4)20-17(11-13-27(24)23(28)31)16-9-7-8-10-18(16)26-20/h7-10,15,19,26H,5-6,11-14H2,1-4H3,(H,25,29). The summed E-state index contributed by atoms with van der Waals surface area (Å²) in [7, 11) is 0. The lowest BCUT2D eigenvalue weighted by Gasteiger charge is -2.36. The van der Waals surface area contributed by atoms with Crippen molar-refractivity contribution in [2.45, 2.75) is 65.0 Å². The van der Waals surface area contributed by atoms with E-state index < -0.39 is 11.6 Å². The van der Waals surface area contributed by atoms with Gasteiger partial charge in [-0.05, 0) is 43.7 Å². The number of hydrogen-bond acceptors (Lipinski definition) is 3. The van der Waals surface area contributed by atoms with Crippen LogP contribution in [0.5, 0.6) is 0 Å². The number of aromatic amines is 1. The molecule has 4 amide bonds. The van der Waals surface area contributed by atoms with E-state index in [1.165, 1.54) is 4.90 Å². The molecule has 0 radical (unpaired) electrons. The molecule has 0 bridgehead atoms. The number of nitrogens with one attached hydrogen (secondary N) is 2. The number of benzene rings is 1. The fourth-order valence-corrected chi connectivity index (χ4v) is 4.98. The van der Waals surface area contributed by atoms with Crippen molar-refractivity contribution >= 4 is 28.7 Å². The summed E-state index contributed by atoms with van der Waals surface area (Å²) in [6.45, 7) is 8.88. The number of aromatic nitrogens is 1. The Kier molecular flexibility index (Phi) is 5.54. The van der Waals surface area contributed by atoms with Crippen molar-refractivity contribution in [1.82, 2.24) is 20.1 Å². The fourth-order valence-electron chi connectivity index (χ4n) is 4.98. The van der Waals surface area contributed by atoms with Gasteiger partial charge in [-0.25, -0.2) is 9.69 Å². The number of rotatable bonds is 7. The largest absolute Gasteiger partial charge is 0.356 e. The zero-order valence-electron chi connectivity index (χ0n) is 18.8. The quantitative estimate of drug-likeness (QED) is 0.527. The number of nitrogens with zero attached hydrogens (tertiary/aromatic N) is 2. The minimum absolute atomic E-state index is 0.164. The first-order valence-electron chi connectivity index (χ1n) is 11.3. The molecule has 7 nitrogen and oxygen atoms in total. The lowest BCUT2D eigenvalue weighted by Crippen LogP contribution is -2.51. The minimum Gasteiger partial charge on any atom is -0.356 e. The van der Waals surface area contributed by atoms with Gasteiger partial charge in [-0.15, -0.1) is 0 Å². The highest BCUT2D eigenvalue weighted by Gasteiger charge is 2.60. The highest BCUT2D eigenvalue weighted by molar-refractivity contribution is 6.11. The van der Waals surface area contributed by atoms with E-state index in [2.05, 4.69) is 17.2 Å². The third kappa shape index (κ3) is 3.30. The first-order valence-corrected chi connectivity index (χ1v) is 11.3. The van der Waals surface area contributed by atoms with Crippen LogP contribution in [0.15, 0.2) is 24.3 Å². The molecule has 2 aliphatic heterocycles. The summed E-state index contributed by atoms with van der Waals surface area (Å²) >= 11 is 0. The molecule has 31 heavy (non-hydrogen) atoms. The van der Waals surface area contributed by atoms with E-state index in [9.17, 15) is 14.4 Å². The van der Waals surface area contributed by atoms with E-state index in [0.717, 1.165) is 35.0 Å². The Balaban J connectivity index is 1.73. The monoisotopic (exact) mass is 424 g/mol. The molecule has 166 valence electrons. The van der Waals surface area contributed by atoms with E-state index in [1.54, 1.807) is 4.90 Å². The number of para-hydroxylation sites is 1. The highest BCUT2D eigenvalue weighted by atomic mass is 16.2. The average Bonchev–Trinajstić information content (AvgIpc) is 3.21. The van der Waals surface area contributed by atoms with Crippen LogP contribution >= 0.6 is 0 Å². The summed E-state index contributed by atoms with van der Waals surface area (Å²) in [5, 5.41) is 4.02. The number of amides is 4. The number of H-pyrrole nitrogens is 1. The van der Waals surface area contributed by atoms with Crippen LogP contribution in [0.1, 0.15) is 58.2 Å². The molecule has 1 saturated heterocycles. The number of carbonyl (C=O) groups is 3. The predicted octanol–water partition coefficient (Wildman–Crippen LogP) is 3.53. The molecule has 1 fully saturated rings. The fraction of sp³-hybridized carbons (Fsp3) is 0.542. The van der Waals surface area contributed by atoms with Crippen molar-refractivity contribution in [3.8, 4) is 0 Å². The van der Waals surface area contributed by atoms with Crippen molar-refractivity contribution in [2.24, 2.45) is 5.92 Å². The van der Waals surface area contributed by atoms with Gasteiger partial charge in [0.1, 0.15) is 6.04 Å². The molecule has 0 saturated carbocycles. The maximum absolute atomic E-state index is 13.8. The lowest BCUT2D eigenvalue weighted by atomic mass is 9.87. The van der Waals surface area contributed by atoms with E-state index in [4.69, 9.17) is 0 Å². The van der Waals surface area contributed by atoms with Gasteiger partial charge in [0.15, 0.2) is 5.54 Å². The Hall–Kier alpha value is -2.83. The minimum atomic E-state index is -1.12. The van der Waals surface area contributed by atoms with Gasteiger partial charge in [-0.2, -0.15) is 0 Å². The van der Waals surface area contributed by atoms with Crippen LogP contribution in [0, 0.1) is 5.92 Å². The summed E-state index contributed by atoms with van der Waals surface area (Å²) in [5.41, 5.74) is 1.70. The third-order valence-electron chi connectivity index (χ3n) is 6.64. The maximum atomic E-state index is 13.8. The number of fused-ring (bicyclic) bond motifs is 5. The topological polar surface area (TPSA) is 85.5 Å². The molecule has 2 aliphatic rings. The van der Waals surface area contributed by atoms with E-state index >= 15 is 0 Å². The smallest absolute Gasteiger partial charge is 0.328 e. The van der Waals surface area contributed by atoms with Crippen LogP contribution in [-0.4, -0.2) is 51.8 Å². The SMILES string of the molecule is CCCCNC(=O)C(CC(C)C)N1C(=O)N2CCc3c([nH]c4ccccc34)C2(C)C1=O. The molecular weight excluding hydrogens is 392 g/mol. The summed E-state index contributed by atoms with van der Waals surface area (Å²) in [5.74, 6) is -0.401. The van der Waals surface area contributed by atoms with Gasteiger partial charge in [0.25, 0.3) is 5.91 Å². The molecule has 0 spiro atoms. The zero-order chi connectivity index (χ0) is 22.3. The van der Waals surface area contributed by atoms with Gasteiger partial charge in [0, 0.05) is 24.0 Å². The number of hydrogen-bond donors (Lipinski definition) is 2. The van der Waals surface area contributed by atoms with Crippen LogP contribution in [0.3, 0.4) is 0 Å². The van der Waals surface area contributed by atoms with Crippen molar-refractivity contribution in [3.05, 3.63) is 35.5 Å². The van der Waals surface area contributed by atoms with Crippen molar-refractivity contribution in [3.63, 3.8) is 0 Å². The first kappa shape index (κ1) is 21.4. The molecule has 7 heteroatoms. The van der Waals surface area contributed by atoms with Gasteiger partial charge in [0.05, 0.1) is 5.69 Å². The Morgan fingerprint density at radius 1 is 1.26 bits per heavy atom. The van der Waals surface area contributed by atoms with Gasteiger partial charge in [-0.1, -0.05) is 45.4 Å². The van der Waals surface area contributed by atoms with Gasteiger partial charge in [0.2, 0.25) is 5.91 Å². The summed E-state index contributed by atoms with van der Waals surface area (Å²) in [6.07, 6.45) is 2.95. The molecule has 0 aliphatic carbocycles. The second-order valence-electron chi connectivity index (χ2n) is 9.25. The Bertz CT molecular complexity index is 1030. The van der Waals surface area contributed by atoms with E-state index in [0.29, 0.717) is 25.9 Å². The summed E-state index contributed by atoms with van der Waals surface area (Å²) in [6, 6.07) is 6.81. The molecule has 3 heterocycles. The molecule has 2 atom stereocenters.